The summed E-state index contributed by atoms with van der Waals surface area (Å²) < 4.78 is 33.2. The molecule has 0 saturated carbocycles. The van der Waals surface area contributed by atoms with E-state index < -0.39 is 136 Å². The van der Waals surface area contributed by atoms with E-state index in [1.165, 1.54) is 0 Å². The number of aliphatic hydroxyl groups is 10. The molecule has 0 bridgehead atoms. The van der Waals surface area contributed by atoms with Crippen molar-refractivity contribution in [2.45, 2.75) is 130 Å². The maximum atomic E-state index is 12.4. The topological polar surface area (TPSA) is 359 Å². The molecule has 3 heterocycles. The smallest absolute Gasteiger partial charge is 0.243 e. The summed E-state index contributed by atoms with van der Waals surface area (Å²) in [6.07, 6.45) is -24.5. The minimum Gasteiger partial charge on any atom is -0.394 e. The van der Waals surface area contributed by atoms with Gasteiger partial charge in [0.05, 0.1) is 32.5 Å². The highest BCUT2D eigenvalue weighted by Crippen LogP contribution is 2.31. The van der Waals surface area contributed by atoms with Gasteiger partial charge in [0.1, 0.15) is 73.2 Å². The zero-order chi connectivity index (χ0) is 41.8. The van der Waals surface area contributed by atoms with Crippen LogP contribution in [-0.2, 0) is 49.2 Å². The van der Waals surface area contributed by atoms with E-state index in [0.717, 1.165) is 5.56 Å². The number of aliphatic hydroxyl groups excluding tert-OH is 10. The number of benzene rings is 1. The first-order valence-corrected chi connectivity index (χ1v) is 18.6. The van der Waals surface area contributed by atoms with Crippen molar-refractivity contribution in [2.75, 3.05) is 33.0 Å². The summed E-state index contributed by atoms with van der Waals surface area (Å²) in [6, 6.07) is 8.18. The minimum absolute atomic E-state index is 0.0173. The van der Waals surface area contributed by atoms with Gasteiger partial charge in [0, 0.05) is 19.4 Å². The zero-order valence-corrected chi connectivity index (χ0v) is 30.9. The number of unbranched alkanes of at least 4 members (excludes halogenated alkanes) is 1. The lowest BCUT2D eigenvalue weighted by Crippen LogP contribution is -2.65. The van der Waals surface area contributed by atoms with Crippen LogP contribution in [0, 0.1) is 0 Å². The van der Waals surface area contributed by atoms with Crippen molar-refractivity contribution in [1.82, 2.24) is 10.6 Å². The molecule has 324 valence electrons. The van der Waals surface area contributed by atoms with Crippen molar-refractivity contribution < 1.29 is 93.9 Å². The van der Waals surface area contributed by atoms with Crippen molar-refractivity contribution in [2.24, 2.45) is 5.73 Å². The molecule has 3 saturated heterocycles. The highest BCUT2D eigenvalue weighted by Gasteiger charge is 2.52. The Balaban J connectivity index is 1.26. The van der Waals surface area contributed by atoms with Crippen molar-refractivity contribution in [3.63, 3.8) is 0 Å². The van der Waals surface area contributed by atoms with Gasteiger partial charge in [0.2, 0.25) is 17.7 Å². The molecule has 14 N–H and O–H groups in total. The van der Waals surface area contributed by atoms with Gasteiger partial charge in [-0.2, -0.15) is 0 Å². The zero-order valence-electron chi connectivity index (χ0n) is 30.9. The van der Waals surface area contributed by atoms with E-state index in [1.54, 1.807) is 0 Å². The van der Waals surface area contributed by atoms with Crippen LogP contribution in [-0.4, -0.2) is 200 Å². The van der Waals surface area contributed by atoms with Crippen LogP contribution in [0.15, 0.2) is 30.3 Å². The molecule has 1 aromatic rings. The first-order chi connectivity index (χ1) is 27.2. The largest absolute Gasteiger partial charge is 0.394 e. The third kappa shape index (κ3) is 12.8. The van der Waals surface area contributed by atoms with Gasteiger partial charge in [-0.25, -0.2) is 0 Å². The molecule has 0 radical (unpaired) electrons. The van der Waals surface area contributed by atoms with Gasteiger partial charge in [-0.05, 0) is 24.8 Å². The summed E-state index contributed by atoms with van der Waals surface area (Å²) in [4.78, 5) is 36.9. The van der Waals surface area contributed by atoms with E-state index in [4.69, 9.17) is 34.2 Å². The number of hydrogen-bond acceptors (Lipinski definition) is 20. The van der Waals surface area contributed by atoms with Gasteiger partial charge in [-0.1, -0.05) is 30.3 Å². The van der Waals surface area contributed by atoms with Crippen LogP contribution in [0.4, 0.5) is 0 Å². The van der Waals surface area contributed by atoms with Crippen LogP contribution >= 0.6 is 0 Å². The lowest BCUT2D eigenvalue weighted by molar-refractivity contribution is -0.366. The molecule has 57 heavy (non-hydrogen) atoms. The second kappa shape index (κ2) is 22.5. The number of nitrogens with one attached hydrogen (secondary N) is 2. The van der Waals surface area contributed by atoms with E-state index in [1.807, 2.05) is 30.3 Å². The van der Waals surface area contributed by atoms with Crippen LogP contribution < -0.4 is 16.4 Å². The maximum absolute atomic E-state index is 12.4. The summed E-state index contributed by atoms with van der Waals surface area (Å²) in [5.74, 6) is -1.54. The molecular formula is C35H55N3O19. The maximum Gasteiger partial charge on any atom is 0.243 e. The van der Waals surface area contributed by atoms with Crippen molar-refractivity contribution in [3.8, 4) is 0 Å². The third-order valence-corrected chi connectivity index (χ3v) is 9.72. The van der Waals surface area contributed by atoms with Crippen LogP contribution in [0.2, 0.25) is 0 Å². The molecule has 4 rings (SSSR count). The summed E-state index contributed by atoms with van der Waals surface area (Å²) >= 11 is 0. The molecule has 1 aromatic carbocycles. The standard InChI is InChI=1S/C35H55N3O19/c36-17(12-16-6-2-1-3-7-16)32(51)38-22(42)9-5-4-8-21(41)37-10-11-52-34-30(50)31(57-35-29(49)27(47)24(44)19(14-40)55-35)25(45)20(56-34)15-53-33-28(48)26(46)23(43)18(13-39)54-33/h1-3,6-7,17-20,23-31,33-35,39-40,43-50H,4-5,8-15,36H2,(H,37,41)(H,38,42,51)/t17-,18+,19+,20+,23+,24+,25+,26-,27-,28-,29-,30-,31-,33-,34-,35+/m0/s1. The number of ether oxygens (including phenoxy) is 6. The van der Waals surface area contributed by atoms with Crippen LogP contribution in [0.1, 0.15) is 31.2 Å². The van der Waals surface area contributed by atoms with Crippen molar-refractivity contribution in [1.29, 1.82) is 0 Å². The molecule has 22 nitrogen and oxygen atoms in total. The fourth-order valence-electron chi connectivity index (χ4n) is 6.35. The second-order valence-electron chi connectivity index (χ2n) is 14.0. The highest BCUT2D eigenvalue weighted by molar-refractivity contribution is 5.97. The summed E-state index contributed by atoms with van der Waals surface area (Å²) in [6.45, 7) is -2.56. The SMILES string of the molecule is N[C@@H](Cc1ccccc1)C(=O)NC(=O)CCCCC(=O)NCCO[C@H]1O[C@H](CO[C@H]2O[C@H](CO)[C@@H](O)[C@H](O)[C@@H]2O)[C@@H](O)[C@H](O[C@H]2O[C@H](CO)[C@@H](O)[C@H](O)[C@@H]2O)[C@@H]1O. The van der Waals surface area contributed by atoms with Gasteiger partial charge in [0.15, 0.2) is 18.9 Å². The number of hydrogen-bond donors (Lipinski definition) is 13. The van der Waals surface area contributed by atoms with Crippen LogP contribution in [0.3, 0.4) is 0 Å². The number of carbonyl (C=O) groups excluding carboxylic acids is 3. The molecular weight excluding hydrogens is 766 g/mol. The lowest BCUT2D eigenvalue weighted by Gasteiger charge is -2.46. The molecule has 0 aromatic heterocycles. The fourth-order valence-corrected chi connectivity index (χ4v) is 6.35. The molecule has 22 heteroatoms. The average Bonchev–Trinajstić information content (AvgIpc) is 3.20. The Morgan fingerprint density at radius 2 is 1.21 bits per heavy atom. The van der Waals surface area contributed by atoms with Gasteiger partial charge < -0.3 is 90.5 Å². The molecule has 3 fully saturated rings. The lowest BCUT2D eigenvalue weighted by atomic mass is 9.96. The fraction of sp³-hybridized carbons (Fsp3) is 0.743. The second-order valence-corrected chi connectivity index (χ2v) is 14.0. The Hall–Kier alpha value is -2.85. The molecule has 0 spiro atoms. The van der Waals surface area contributed by atoms with E-state index in [-0.39, 0.29) is 32.4 Å². The number of amides is 3. The summed E-state index contributed by atoms with van der Waals surface area (Å²) in [7, 11) is 0. The monoisotopic (exact) mass is 821 g/mol. The predicted molar refractivity (Wildman–Crippen MR) is 188 cm³/mol. The molecule has 0 aliphatic carbocycles. The van der Waals surface area contributed by atoms with Crippen LogP contribution in [0.25, 0.3) is 0 Å². The van der Waals surface area contributed by atoms with Crippen molar-refractivity contribution >= 4 is 17.7 Å². The third-order valence-electron chi connectivity index (χ3n) is 9.72. The molecule has 16 atom stereocenters. The van der Waals surface area contributed by atoms with Gasteiger partial charge in [-0.15, -0.1) is 0 Å². The van der Waals surface area contributed by atoms with E-state index in [0.29, 0.717) is 12.8 Å². The molecule has 3 aliphatic heterocycles. The Kier molecular flexibility index (Phi) is 18.5. The Labute approximate surface area is 327 Å². The average molecular weight is 822 g/mol. The predicted octanol–water partition coefficient (Wildman–Crippen LogP) is -6.66. The molecule has 0 unspecified atom stereocenters. The summed E-state index contributed by atoms with van der Waals surface area (Å²) in [5.41, 5.74) is 6.75. The number of imide groups is 1. The van der Waals surface area contributed by atoms with Crippen molar-refractivity contribution in [3.05, 3.63) is 35.9 Å². The van der Waals surface area contributed by atoms with Gasteiger partial charge >= 0.3 is 0 Å². The highest BCUT2D eigenvalue weighted by atomic mass is 16.7. The summed E-state index contributed by atoms with van der Waals surface area (Å²) in [5, 5.41) is 108. The first-order valence-electron chi connectivity index (χ1n) is 18.6. The normalized spacial score (nSPS) is 36.3. The van der Waals surface area contributed by atoms with E-state index in [2.05, 4.69) is 10.6 Å². The quantitative estimate of drug-likeness (QED) is 0.0577. The number of carbonyl (C=O) groups is 3. The van der Waals surface area contributed by atoms with Gasteiger partial charge in [0.25, 0.3) is 0 Å². The van der Waals surface area contributed by atoms with Gasteiger partial charge in [-0.3, -0.25) is 19.7 Å². The Morgan fingerprint density at radius 3 is 1.82 bits per heavy atom. The number of rotatable bonds is 19. The Morgan fingerprint density at radius 1 is 0.667 bits per heavy atom. The molecule has 3 amide bonds. The van der Waals surface area contributed by atoms with E-state index in [9.17, 15) is 65.4 Å². The Bertz CT molecular complexity index is 1400. The number of nitrogens with two attached hydrogens (primary N) is 1. The van der Waals surface area contributed by atoms with E-state index >= 15 is 0 Å². The molecule has 3 aliphatic rings. The van der Waals surface area contributed by atoms with Crippen LogP contribution in [0.5, 0.6) is 0 Å². The minimum atomic E-state index is -1.91. The first kappa shape index (κ1) is 46.8.